The summed E-state index contributed by atoms with van der Waals surface area (Å²) in [6.07, 6.45) is -0.442. The molecule has 0 radical (unpaired) electrons. The Morgan fingerprint density at radius 2 is 2.18 bits per heavy atom. The van der Waals surface area contributed by atoms with Crippen LogP contribution in [0, 0.1) is 5.92 Å². The van der Waals surface area contributed by atoms with Crippen molar-refractivity contribution >= 4 is 31.9 Å². The van der Waals surface area contributed by atoms with Crippen LogP contribution in [-0.4, -0.2) is 81.2 Å². The maximum atomic E-state index is 13.2. The van der Waals surface area contributed by atoms with Gasteiger partial charge in [-0.2, -0.15) is 4.31 Å². The monoisotopic (exact) mass is 478 g/mol. The van der Waals surface area contributed by atoms with Crippen LogP contribution in [-0.2, 0) is 19.6 Å². The lowest BCUT2D eigenvalue weighted by molar-refractivity contribution is -0.135. The Bertz CT molecular complexity index is 803. The predicted octanol–water partition coefficient (Wildman–Crippen LogP) is 1.32. The number of aliphatic hydroxyl groups excluding tert-OH is 1. The number of halogens is 1. The van der Waals surface area contributed by atoms with Gasteiger partial charge in [-0.15, -0.1) is 0 Å². The van der Waals surface area contributed by atoms with Gasteiger partial charge in [-0.3, -0.25) is 4.79 Å². The highest BCUT2D eigenvalue weighted by atomic mass is 79.9. The van der Waals surface area contributed by atoms with E-state index in [1.807, 2.05) is 6.92 Å². The Morgan fingerprint density at radius 1 is 1.50 bits per heavy atom. The third kappa shape index (κ3) is 5.04. The van der Waals surface area contributed by atoms with Gasteiger partial charge in [0, 0.05) is 37.1 Å². The molecule has 8 nitrogen and oxygen atoms in total. The second-order valence-corrected chi connectivity index (χ2v) is 9.81. The van der Waals surface area contributed by atoms with Crippen LogP contribution >= 0.6 is 15.9 Å². The van der Waals surface area contributed by atoms with Crippen molar-refractivity contribution in [3.05, 3.63) is 22.7 Å². The number of fused-ring (bicyclic) bond motifs is 1. The molecule has 0 unspecified atom stereocenters. The first kappa shape index (κ1) is 23.1. The number of methoxy groups -OCH3 is 1. The lowest BCUT2D eigenvalue weighted by Crippen LogP contribution is -2.50. The summed E-state index contributed by atoms with van der Waals surface area (Å²) in [6, 6.07) is 4.14. The SMILES string of the molecule is COCC(=O)N(C)C[C@H]1Oc2cc(Br)ccc2S(=O)(=O)N([C@@H](C)CO)C[C@@H]1C. The number of carbonyl (C=O) groups is 1. The van der Waals surface area contributed by atoms with Gasteiger partial charge in [0.05, 0.1) is 13.2 Å². The van der Waals surface area contributed by atoms with Crippen molar-refractivity contribution in [1.82, 2.24) is 9.21 Å². The summed E-state index contributed by atoms with van der Waals surface area (Å²) in [5, 5.41) is 9.59. The number of carbonyl (C=O) groups excluding carboxylic acids is 1. The molecule has 0 saturated carbocycles. The molecule has 1 heterocycles. The Hall–Kier alpha value is -1.20. The minimum Gasteiger partial charge on any atom is -0.487 e. The zero-order valence-corrected chi connectivity index (χ0v) is 18.9. The molecule has 158 valence electrons. The van der Waals surface area contributed by atoms with Crippen molar-refractivity contribution in [3.63, 3.8) is 0 Å². The van der Waals surface area contributed by atoms with Crippen LogP contribution in [0.5, 0.6) is 5.75 Å². The number of amides is 1. The topological polar surface area (TPSA) is 96.4 Å². The number of hydrogen-bond acceptors (Lipinski definition) is 6. The lowest BCUT2D eigenvalue weighted by Gasteiger charge is -2.37. The molecule has 0 bridgehead atoms. The second-order valence-electron chi connectivity index (χ2n) is 7.04. The summed E-state index contributed by atoms with van der Waals surface area (Å²) in [5.74, 6) is -0.203. The summed E-state index contributed by atoms with van der Waals surface area (Å²) in [4.78, 5) is 13.7. The molecule has 1 N–H and O–H groups in total. The fraction of sp³-hybridized carbons (Fsp3) is 0.611. The van der Waals surface area contributed by atoms with Gasteiger partial charge in [0.2, 0.25) is 15.9 Å². The summed E-state index contributed by atoms with van der Waals surface area (Å²) >= 11 is 3.35. The molecule has 1 amide bonds. The molecule has 10 heteroatoms. The average molecular weight is 479 g/mol. The highest BCUT2D eigenvalue weighted by Crippen LogP contribution is 2.35. The molecule has 0 aliphatic carbocycles. The number of rotatable bonds is 6. The molecule has 1 aliphatic heterocycles. The van der Waals surface area contributed by atoms with E-state index in [-0.39, 0.29) is 48.8 Å². The standard InChI is InChI=1S/C18H27BrN2O6S/c1-12-8-21(13(2)10-22)28(24,25)17-6-5-14(19)7-15(17)27-16(12)9-20(3)18(23)11-26-4/h5-7,12-13,16,22H,8-11H2,1-4H3/t12-,13-,16+/m0/s1. The number of ether oxygens (including phenoxy) is 2. The van der Waals surface area contributed by atoms with Gasteiger partial charge < -0.3 is 19.5 Å². The van der Waals surface area contributed by atoms with Crippen LogP contribution in [0.3, 0.4) is 0 Å². The first-order valence-corrected chi connectivity index (χ1v) is 11.2. The highest BCUT2D eigenvalue weighted by molar-refractivity contribution is 9.10. The van der Waals surface area contributed by atoms with Crippen LogP contribution in [0.25, 0.3) is 0 Å². The number of benzene rings is 1. The van der Waals surface area contributed by atoms with E-state index in [9.17, 15) is 18.3 Å². The van der Waals surface area contributed by atoms with Gasteiger partial charge in [-0.1, -0.05) is 22.9 Å². The van der Waals surface area contributed by atoms with Crippen molar-refractivity contribution in [2.45, 2.75) is 30.9 Å². The summed E-state index contributed by atoms with van der Waals surface area (Å²) in [5.41, 5.74) is 0. The quantitative estimate of drug-likeness (QED) is 0.662. The van der Waals surface area contributed by atoms with Crippen molar-refractivity contribution < 1.29 is 27.8 Å². The molecule has 0 saturated heterocycles. The maximum Gasteiger partial charge on any atom is 0.248 e. The molecule has 1 aliphatic rings. The van der Waals surface area contributed by atoms with E-state index < -0.39 is 22.2 Å². The summed E-state index contributed by atoms with van der Waals surface area (Å²) in [6.45, 7) is 3.63. The first-order chi connectivity index (χ1) is 13.1. The van der Waals surface area contributed by atoms with Gasteiger partial charge >= 0.3 is 0 Å². The van der Waals surface area contributed by atoms with Crippen LogP contribution in [0.2, 0.25) is 0 Å². The minimum atomic E-state index is -3.85. The summed E-state index contributed by atoms with van der Waals surface area (Å²) < 4.78 is 39.4. The van der Waals surface area contributed by atoms with E-state index in [1.54, 1.807) is 26.1 Å². The zero-order chi connectivity index (χ0) is 21.1. The second kappa shape index (κ2) is 9.53. The number of likely N-dealkylation sites (N-methyl/N-ethyl adjacent to an activating group) is 1. The third-order valence-electron chi connectivity index (χ3n) is 4.78. The fourth-order valence-electron chi connectivity index (χ4n) is 3.02. The Labute approximate surface area is 174 Å². The number of aliphatic hydroxyl groups is 1. The first-order valence-electron chi connectivity index (χ1n) is 8.93. The van der Waals surface area contributed by atoms with Crippen LogP contribution in [0.4, 0.5) is 0 Å². The number of nitrogens with zero attached hydrogens (tertiary/aromatic N) is 2. The van der Waals surface area contributed by atoms with Gasteiger partial charge in [-0.05, 0) is 25.1 Å². The number of sulfonamides is 1. The molecule has 2 rings (SSSR count). The average Bonchev–Trinajstić information content (AvgIpc) is 2.63. The Kier molecular flexibility index (Phi) is 7.86. The molecule has 0 aromatic heterocycles. The smallest absolute Gasteiger partial charge is 0.248 e. The van der Waals surface area contributed by atoms with Crippen LogP contribution in [0.1, 0.15) is 13.8 Å². The zero-order valence-electron chi connectivity index (χ0n) is 16.5. The van der Waals surface area contributed by atoms with Crippen LogP contribution < -0.4 is 4.74 Å². The fourth-order valence-corrected chi connectivity index (χ4v) is 5.19. The predicted molar refractivity (Wildman–Crippen MR) is 108 cm³/mol. The summed E-state index contributed by atoms with van der Waals surface area (Å²) in [7, 11) is -0.746. The maximum absolute atomic E-state index is 13.2. The molecule has 0 spiro atoms. The molecular formula is C18H27BrN2O6S. The van der Waals surface area contributed by atoms with Crippen molar-refractivity contribution in [3.8, 4) is 5.75 Å². The largest absolute Gasteiger partial charge is 0.487 e. The highest BCUT2D eigenvalue weighted by Gasteiger charge is 2.38. The van der Waals surface area contributed by atoms with E-state index in [0.717, 1.165) is 0 Å². The molecule has 3 atom stereocenters. The van der Waals surface area contributed by atoms with Gasteiger partial charge in [0.1, 0.15) is 23.4 Å². The molecule has 0 fully saturated rings. The van der Waals surface area contributed by atoms with Gasteiger partial charge in [0.25, 0.3) is 0 Å². The van der Waals surface area contributed by atoms with Gasteiger partial charge in [0.15, 0.2) is 0 Å². The number of hydrogen-bond donors (Lipinski definition) is 1. The Balaban J connectivity index is 2.46. The van der Waals surface area contributed by atoms with Crippen molar-refractivity contribution in [2.75, 3.05) is 40.5 Å². The van der Waals surface area contributed by atoms with Crippen molar-refractivity contribution in [2.24, 2.45) is 5.92 Å². The van der Waals surface area contributed by atoms with Gasteiger partial charge in [-0.25, -0.2) is 8.42 Å². The van der Waals surface area contributed by atoms with E-state index in [1.165, 1.54) is 22.4 Å². The Morgan fingerprint density at radius 3 is 2.79 bits per heavy atom. The molecular weight excluding hydrogens is 452 g/mol. The van der Waals surface area contributed by atoms with Crippen molar-refractivity contribution in [1.29, 1.82) is 0 Å². The third-order valence-corrected chi connectivity index (χ3v) is 7.29. The lowest BCUT2D eigenvalue weighted by atomic mass is 10.0. The molecule has 1 aromatic rings. The minimum absolute atomic E-state index is 0.0399. The van der Waals surface area contributed by atoms with E-state index in [4.69, 9.17) is 9.47 Å². The van der Waals surface area contributed by atoms with E-state index in [2.05, 4.69) is 15.9 Å². The van der Waals surface area contributed by atoms with Crippen LogP contribution in [0.15, 0.2) is 27.6 Å². The van der Waals surface area contributed by atoms with E-state index in [0.29, 0.717) is 4.47 Å². The molecule has 1 aromatic carbocycles. The van der Waals surface area contributed by atoms with E-state index >= 15 is 0 Å². The normalized spacial score (nSPS) is 23.1. The molecule has 28 heavy (non-hydrogen) atoms.